The summed E-state index contributed by atoms with van der Waals surface area (Å²) in [6.45, 7) is 6.72. The minimum atomic E-state index is -1.28. The van der Waals surface area contributed by atoms with Gasteiger partial charge < -0.3 is 20.2 Å². The van der Waals surface area contributed by atoms with Gasteiger partial charge in [0.2, 0.25) is 11.8 Å². The van der Waals surface area contributed by atoms with Crippen LogP contribution in [0.25, 0.3) is 0 Å². The van der Waals surface area contributed by atoms with E-state index in [2.05, 4.69) is 10.6 Å². The first kappa shape index (κ1) is 16.2. The smallest absolute Gasteiger partial charge is 0.239 e. The molecule has 6 heteroatoms. The molecule has 20 heavy (non-hydrogen) atoms. The topological polar surface area (TPSA) is 91.6 Å². The van der Waals surface area contributed by atoms with Crippen LogP contribution in [0.3, 0.4) is 0 Å². The van der Waals surface area contributed by atoms with Crippen molar-refractivity contribution in [3.8, 4) is 0 Å². The van der Waals surface area contributed by atoms with Gasteiger partial charge in [-0.3, -0.25) is 9.59 Å². The van der Waals surface area contributed by atoms with Crippen LogP contribution in [-0.2, 0) is 15.2 Å². The standard InChI is InChI=1S/C14H22N2O4/c1-13(2,3)12(18)15-8-11(17)16-9-14(4,19)10-6-5-7-20-10/h5-7,19H,8-9H2,1-4H3,(H,15,18)(H,16,17). The van der Waals surface area contributed by atoms with Crippen molar-refractivity contribution >= 4 is 11.8 Å². The maximum atomic E-state index is 11.6. The van der Waals surface area contributed by atoms with Gasteiger partial charge in [-0.25, -0.2) is 0 Å². The fourth-order valence-electron chi connectivity index (χ4n) is 1.43. The molecule has 0 saturated carbocycles. The van der Waals surface area contributed by atoms with E-state index < -0.39 is 11.0 Å². The Morgan fingerprint density at radius 3 is 2.40 bits per heavy atom. The molecule has 1 atom stereocenters. The summed E-state index contributed by atoms with van der Waals surface area (Å²) in [6, 6.07) is 3.29. The number of aliphatic hydroxyl groups is 1. The molecule has 2 amide bonds. The van der Waals surface area contributed by atoms with Crippen molar-refractivity contribution in [1.82, 2.24) is 10.6 Å². The molecule has 1 aromatic rings. The Morgan fingerprint density at radius 1 is 1.25 bits per heavy atom. The first-order chi connectivity index (χ1) is 9.13. The Kier molecular flexibility index (Phi) is 4.94. The fraction of sp³-hybridized carbons (Fsp3) is 0.571. The minimum absolute atomic E-state index is 0.00470. The number of carbonyl (C=O) groups excluding carboxylic acids is 2. The van der Waals surface area contributed by atoms with Gasteiger partial charge in [0.15, 0.2) is 0 Å². The van der Waals surface area contributed by atoms with Crippen molar-refractivity contribution in [2.45, 2.75) is 33.3 Å². The molecule has 0 radical (unpaired) electrons. The van der Waals surface area contributed by atoms with Crippen molar-refractivity contribution in [1.29, 1.82) is 0 Å². The van der Waals surface area contributed by atoms with Gasteiger partial charge >= 0.3 is 0 Å². The Bertz CT molecular complexity index is 458. The van der Waals surface area contributed by atoms with E-state index in [4.69, 9.17) is 4.42 Å². The number of nitrogens with one attached hydrogen (secondary N) is 2. The van der Waals surface area contributed by atoms with E-state index in [0.29, 0.717) is 5.76 Å². The van der Waals surface area contributed by atoms with E-state index >= 15 is 0 Å². The lowest BCUT2D eigenvalue weighted by molar-refractivity contribution is -0.131. The van der Waals surface area contributed by atoms with E-state index in [1.807, 2.05) is 0 Å². The number of hydrogen-bond acceptors (Lipinski definition) is 4. The molecule has 6 nitrogen and oxygen atoms in total. The molecule has 1 aromatic heterocycles. The maximum absolute atomic E-state index is 11.6. The second kappa shape index (κ2) is 6.09. The van der Waals surface area contributed by atoms with Crippen LogP contribution < -0.4 is 10.6 Å². The van der Waals surface area contributed by atoms with Gasteiger partial charge in [0, 0.05) is 5.41 Å². The normalized spacial score (nSPS) is 14.4. The number of rotatable bonds is 5. The quantitative estimate of drug-likeness (QED) is 0.743. The molecule has 0 aliphatic heterocycles. The predicted molar refractivity (Wildman–Crippen MR) is 73.8 cm³/mol. The summed E-state index contributed by atoms with van der Waals surface area (Å²) in [4.78, 5) is 23.2. The largest absolute Gasteiger partial charge is 0.466 e. The molecule has 0 bridgehead atoms. The van der Waals surface area contributed by atoms with Crippen LogP contribution >= 0.6 is 0 Å². The highest BCUT2D eigenvalue weighted by molar-refractivity contribution is 5.87. The molecule has 3 N–H and O–H groups in total. The van der Waals surface area contributed by atoms with Gasteiger partial charge in [-0.15, -0.1) is 0 Å². The summed E-state index contributed by atoms with van der Waals surface area (Å²) in [5.74, 6) is -0.198. The Hall–Kier alpha value is -1.82. The highest BCUT2D eigenvalue weighted by Gasteiger charge is 2.27. The molecule has 0 aliphatic rings. The van der Waals surface area contributed by atoms with Crippen LogP contribution in [0.15, 0.2) is 22.8 Å². The summed E-state index contributed by atoms with van der Waals surface area (Å²) < 4.78 is 5.10. The summed E-state index contributed by atoms with van der Waals surface area (Å²) in [5.41, 5.74) is -1.83. The van der Waals surface area contributed by atoms with Crippen LogP contribution in [0.5, 0.6) is 0 Å². The Morgan fingerprint density at radius 2 is 1.90 bits per heavy atom. The molecular weight excluding hydrogens is 260 g/mol. The van der Waals surface area contributed by atoms with Crippen molar-refractivity contribution in [2.24, 2.45) is 5.41 Å². The molecule has 1 unspecified atom stereocenters. The van der Waals surface area contributed by atoms with E-state index in [1.165, 1.54) is 6.26 Å². The Labute approximate surface area is 118 Å². The molecule has 1 rings (SSSR count). The van der Waals surface area contributed by atoms with Crippen LogP contribution in [-0.4, -0.2) is 30.0 Å². The first-order valence-electron chi connectivity index (χ1n) is 6.44. The first-order valence-corrected chi connectivity index (χ1v) is 6.44. The van der Waals surface area contributed by atoms with Gasteiger partial charge in [0.25, 0.3) is 0 Å². The molecule has 0 spiro atoms. The maximum Gasteiger partial charge on any atom is 0.239 e. The summed E-state index contributed by atoms with van der Waals surface area (Å²) in [7, 11) is 0. The minimum Gasteiger partial charge on any atom is -0.466 e. The average molecular weight is 282 g/mol. The zero-order chi connectivity index (χ0) is 15.4. The molecule has 0 saturated heterocycles. The fourth-order valence-corrected chi connectivity index (χ4v) is 1.43. The lowest BCUT2D eigenvalue weighted by atomic mass is 9.96. The van der Waals surface area contributed by atoms with Crippen LogP contribution in [0, 0.1) is 5.41 Å². The predicted octanol–water partition coefficient (Wildman–Crippen LogP) is 0.766. The molecule has 1 heterocycles. The average Bonchev–Trinajstić information content (AvgIpc) is 2.86. The summed E-state index contributed by atoms with van der Waals surface area (Å²) >= 11 is 0. The SMILES string of the molecule is CC(C)(C)C(=O)NCC(=O)NCC(C)(O)c1ccco1. The molecule has 0 aliphatic carbocycles. The zero-order valence-electron chi connectivity index (χ0n) is 12.3. The number of hydrogen-bond donors (Lipinski definition) is 3. The highest BCUT2D eigenvalue weighted by Crippen LogP contribution is 2.19. The molecule has 0 fully saturated rings. The van der Waals surface area contributed by atoms with E-state index in [-0.39, 0.29) is 24.9 Å². The Balaban J connectivity index is 2.39. The number of carbonyl (C=O) groups is 2. The van der Waals surface area contributed by atoms with E-state index in [9.17, 15) is 14.7 Å². The van der Waals surface area contributed by atoms with Gasteiger partial charge in [-0.05, 0) is 19.1 Å². The van der Waals surface area contributed by atoms with Gasteiger partial charge in [0.1, 0.15) is 11.4 Å². The van der Waals surface area contributed by atoms with E-state index in [1.54, 1.807) is 39.8 Å². The van der Waals surface area contributed by atoms with Crippen molar-refractivity contribution in [2.75, 3.05) is 13.1 Å². The second-order valence-electron chi connectivity index (χ2n) is 5.96. The van der Waals surface area contributed by atoms with Crippen LogP contribution in [0.4, 0.5) is 0 Å². The van der Waals surface area contributed by atoms with Crippen LogP contribution in [0.2, 0.25) is 0 Å². The van der Waals surface area contributed by atoms with Gasteiger partial charge in [-0.2, -0.15) is 0 Å². The summed E-state index contributed by atoms with van der Waals surface area (Å²) in [6.07, 6.45) is 1.45. The van der Waals surface area contributed by atoms with Gasteiger partial charge in [-0.1, -0.05) is 20.8 Å². The summed E-state index contributed by atoms with van der Waals surface area (Å²) in [5, 5.41) is 15.2. The van der Waals surface area contributed by atoms with E-state index in [0.717, 1.165) is 0 Å². The van der Waals surface area contributed by atoms with Gasteiger partial charge in [0.05, 0.1) is 19.4 Å². The molecule has 0 aromatic carbocycles. The third-order valence-corrected chi connectivity index (χ3v) is 2.77. The lowest BCUT2D eigenvalue weighted by Gasteiger charge is -2.22. The number of furan rings is 1. The third-order valence-electron chi connectivity index (χ3n) is 2.77. The molecular formula is C14H22N2O4. The zero-order valence-corrected chi connectivity index (χ0v) is 12.3. The van der Waals surface area contributed by atoms with Crippen molar-refractivity contribution in [3.63, 3.8) is 0 Å². The highest BCUT2D eigenvalue weighted by atomic mass is 16.4. The van der Waals surface area contributed by atoms with Crippen molar-refractivity contribution in [3.05, 3.63) is 24.2 Å². The van der Waals surface area contributed by atoms with Crippen LogP contribution in [0.1, 0.15) is 33.5 Å². The van der Waals surface area contributed by atoms with Crippen molar-refractivity contribution < 1.29 is 19.1 Å². The second-order valence-corrected chi connectivity index (χ2v) is 5.96. The monoisotopic (exact) mass is 282 g/mol. The molecule has 112 valence electrons. The lowest BCUT2D eigenvalue weighted by Crippen LogP contribution is -2.45. The third kappa shape index (κ3) is 4.70. The number of amides is 2.